The molecule has 3 unspecified atom stereocenters. The van der Waals surface area contributed by atoms with Gasteiger partial charge in [0.05, 0.1) is 6.10 Å². The molecule has 1 heteroatoms. The van der Waals surface area contributed by atoms with Crippen LogP contribution >= 0.6 is 0 Å². The molecule has 0 radical (unpaired) electrons. The highest BCUT2D eigenvalue weighted by Gasteiger charge is 2.39. The van der Waals surface area contributed by atoms with Crippen LogP contribution in [0.25, 0.3) is 0 Å². The minimum atomic E-state index is -0.102. The molecule has 0 aromatic rings. The molecule has 1 saturated carbocycles. The molecule has 3 atom stereocenters. The number of allylic oxidation sites excluding steroid dienone is 2. The van der Waals surface area contributed by atoms with Crippen LogP contribution in [0.5, 0.6) is 0 Å². The summed E-state index contributed by atoms with van der Waals surface area (Å²) in [4.78, 5) is 0. The van der Waals surface area contributed by atoms with Gasteiger partial charge in [-0.25, -0.2) is 0 Å². The first-order valence-electron chi connectivity index (χ1n) is 5.83. The van der Waals surface area contributed by atoms with Crippen molar-refractivity contribution >= 4 is 0 Å². The van der Waals surface area contributed by atoms with Gasteiger partial charge in [-0.3, -0.25) is 0 Å². The van der Waals surface area contributed by atoms with E-state index in [9.17, 15) is 5.11 Å². The Kier molecular flexibility index (Phi) is 3.77. The summed E-state index contributed by atoms with van der Waals surface area (Å²) in [6.45, 7) is 8.98. The van der Waals surface area contributed by atoms with Crippen molar-refractivity contribution in [3.63, 3.8) is 0 Å². The Hall–Kier alpha value is -0.300. The number of hydrogen-bond donors (Lipinski definition) is 1. The van der Waals surface area contributed by atoms with Crippen molar-refractivity contribution < 1.29 is 5.11 Å². The summed E-state index contributed by atoms with van der Waals surface area (Å²) in [5, 5.41) is 9.85. The first-order chi connectivity index (χ1) is 6.49. The lowest BCUT2D eigenvalue weighted by Crippen LogP contribution is -2.40. The molecule has 1 nitrogen and oxygen atoms in total. The number of hydrogen-bond acceptors (Lipinski definition) is 1. The SMILES string of the molecule is CC/C=C/C1C(C)C(O)CCC1(C)C. The molecule has 1 N–H and O–H groups in total. The topological polar surface area (TPSA) is 20.2 Å². The van der Waals surface area contributed by atoms with E-state index in [-0.39, 0.29) is 6.10 Å². The van der Waals surface area contributed by atoms with Gasteiger partial charge >= 0.3 is 0 Å². The van der Waals surface area contributed by atoms with E-state index in [0.29, 0.717) is 17.3 Å². The largest absolute Gasteiger partial charge is 0.393 e. The molecule has 1 rings (SSSR count). The standard InChI is InChI=1S/C13H24O/c1-5-6-7-11-10(2)12(14)8-9-13(11,3)4/h6-7,10-12,14H,5,8-9H2,1-4H3/b7-6+. The number of rotatable bonds is 2. The lowest BCUT2D eigenvalue weighted by atomic mass is 9.63. The maximum Gasteiger partial charge on any atom is 0.0571 e. The maximum atomic E-state index is 9.85. The molecule has 0 heterocycles. The fourth-order valence-corrected chi connectivity index (χ4v) is 2.62. The van der Waals surface area contributed by atoms with Crippen LogP contribution in [0.15, 0.2) is 12.2 Å². The minimum absolute atomic E-state index is 0.102. The predicted molar refractivity (Wildman–Crippen MR) is 61.1 cm³/mol. The van der Waals surface area contributed by atoms with Gasteiger partial charge in [-0.1, -0.05) is 39.8 Å². The molecule has 0 bridgehead atoms. The van der Waals surface area contributed by atoms with Crippen LogP contribution < -0.4 is 0 Å². The van der Waals surface area contributed by atoms with E-state index in [4.69, 9.17) is 0 Å². The van der Waals surface area contributed by atoms with Crippen molar-refractivity contribution in [2.45, 2.75) is 53.1 Å². The van der Waals surface area contributed by atoms with Gasteiger partial charge in [0.25, 0.3) is 0 Å². The molecule has 0 spiro atoms. The summed E-state index contributed by atoms with van der Waals surface area (Å²) in [5.74, 6) is 0.938. The van der Waals surface area contributed by atoms with Crippen molar-refractivity contribution in [3.8, 4) is 0 Å². The molecule has 82 valence electrons. The summed E-state index contributed by atoms with van der Waals surface area (Å²) >= 11 is 0. The summed E-state index contributed by atoms with van der Waals surface area (Å²) in [7, 11) is 0. The van der Waals surface area contributed by atoms with Crippen molar-refractivity contribution in [2.75, 3.05) is 0 Å². The van der Waals surface area contributed by atoms with Crippen molar-refractivity contribution in [2.24, 2.45) is 17.3 Å². The minimum Gasteiger partial charge on any atom is -0.393 e. The van der Waals surface area contributed by atoms with E-state index in [2.05, 4.69) is 39.8 Å². The molecular formula is C13H24O. The normalized spacial score (nSPS) is 37.6. The van der Waals surface area contributed by atoms with E-state index >= 15 is 0 Å². The molecule has 1 fully saturated rings. The monoisotopic (exact) mass is 196 g/mol. The van der Waals surface area contributed by atoms with Crippen LogP contribution in [0.3, 0.4) is 0 Å². The second kappa shape index (κ2) is 4.48. The molecular weight excluding hydrogens is 172 g/mol. The fraction of sp³-hybridized carbons (Fsp3) is 0.846. The first kappa shape index (κ1) is 11.8. The van der Waals surface area contributed by atoms with Crippen molar-refractivity contribution in [3.05, 3.63) is 12.2 Å². The van der Waals surface area contributed by atoms with E-state index in [0.717, 1.165) is 19.3 Å². The maximum absolute atomic E-state index is 9.85. The van der Waals surface area contributed by atoms with E-state index in [1.165, 1.54) is 0 Å². The van der Waals surface area contributed by atoms with E-state index < -0.39 is 0 Å². The fourth-order valence-electron chi connectivity index (χ4n) is 2.62. The van der Waals surface area contributed by atoms with Crippen LogP contribution in [0, 0.1) is 17.3 Å². The summed E-state index contributed by atoms with van der Waals surface area (Å²) < 4.78 is 0. The van der Waals surface area contributed by atoms with Gasteiger partial charge in [0.2, 0.25) is 0 Å². The zero-order chi connectivity index (χ0) is 10.8. The Bertz CT molecular complexity index is 205. The highest BCUT2D eigenvalue weighted by molar-refractivity contribution is 5.01. The molecule has 14 heavy (non-hydrogen) atoms. The Labute approximate surface area is 88.2 Å². The number of aliphatic hydroxyl groups excluding tert-OH is 1. The quantitative estimate of drug-likeness (QED) is 0.671. The molecule has 1 aliphatic carbocycles. The van der Waals surface area contributed by atoms with Gasteiger partial charge in [-0.15, -0.1) is 0 Å². The molecule has 0 aromatic carbocycles. The van der Waals surface area contributed by atoms with Gasteiger partial charge < -0.3 is 5.11 Å². The van der Waals surface area contributed by atoms with Crippen LogP contribution in [0.2, 0.25) is 0 Å². The third-order valence-corrected chi connectivity index (χ3v) is 3.74. The Balaban J connectivity index is 2.77. The predicted octanol–water partition coefficient (Wildman–Crippen LogP) is 3.39. The van der Waals surface area contributed by atoms with E-state index in [1.807, 2.05) is 0 Å². The van der Waals surface area contributed by atoms with E-state index in [1.54, 1.807) is 0 Å². The number of aliphatic hydroxyl groups is 1. The first-order valence-corrected chi connectivity index (χ1v) is 5.83. The van der Waals surface area contributed by atoms with Crippen molar-refractivity contribution in [1.82, 2.24) is 0 Å². The lowest BCUT2D eigenvalue weighted by Gasteiger charge is -2.44. The van der Waals surface area contributed by atoms with Crippen LogP contribution in [0.1, 0.15) is 47.0 Å². The average molecular weight is 196 g/mol. The third-order valence-electron chi connectivity index (χ3n) is 3.74. The molecule has 0 aliphatic heterocycles. The van der Waals surface area contributed by atoms with Crippen LogP contribution in [-0.2, 0) is 0 Å². The molecule has 0 saturated heterocycles. The summed E-state index contributed by atoms with van der Waals surface area (Å²) in [6.07, 6.45) is 7.64. The summed E-state index contributed by atoms with van der Waals surface area (Å²) in [6, 6.07) is 0. The van der Waals surface area contributed by atoms with Gasteiger partial charge in [0.1, 0.15) is 0 Å². The lowest BCUT2D eigenvalue weighted by molar-refractivity contribution is -0.00438. The zero-order valence-electron chi connectivity index (χ0n) is 9.96. The van der Waals surface area contributed by atoms with Gasteiger partial charge in [0.15, 0.2) is 0 Å². The van der Waals surface area contributed by atoms with Gasteiger partial charge in [-0.2, -0.15) is 0 Å². The second-order valence-corrected chi connectivity index (χ2v) is 5.32. The highest BCUT2D eigenvalue weighted by atomic mass is 16.3. The molecule has 0 amide bonds. The zero-order valence-corrected chi connectivity index (χ0v) is 9.96. The third kappa shape index (κ3) is 2.38. The summed E-state index contributed by atoms with van der Waals surface area (Å²) in [5.41, 5.74) is 0.352. The molecule has 0 aromatic heterocycles. The Morgan fingerprint density at radius 1 is 1.43 bits per heavy atom. The van der Waals surface area contributed by atoms with Crippen LogP contribution in [-0.4, -0.2) is 11.2 Å². The Morgan fingerprint density at radius 3 is 2.64 bits per heavy atom. The smallest absolute Gasteiger partial charge is 0.0571 e. The van der Waals surface area contributed by atoms with Crippen LogP contribution in [0.4, 0.5) is 0 Å². The highest BCUT2D eigenvalue weighted by Crippen LogP contribution is 2.44. The van der Waals surface area contributed by atoms with Crippen molar-refractivity contribution in [1.29, 1.82) is 0 Å². The second-order valence-electron chi connectivity index (χ2n) is 5.32. The Morgan fingerprint density at radius 2 is 2.07 bits per heavy atom. The molecule has 1 aliphatic rings. The van der Waals surface area contributed by atoms with Gasteiger partial charge in [-0.05, 0) is 36.5 Å². The van der Waals surface area contributed by atoms with Gasteiger partial charge in [0, 0.05) is 0 Å². The average Bonchev–Trinajstić information content (AvgIpc) is 2.12.